The molecule has 27 heavy (non-hydrogen) atoms. The number of benzene rings is 2. The molecule has 1 heterocycles. The first-order valence-electron chi connectivity index (χ1n) is 8.36. The van der Waals surface area contributed by atoms with Gasteiger partial charge in [-0.25, -0.2) is 9.48 Å². The number of ether oxygens (including phenoxy) is 1. The fourth-order valence-electron chi connectivity index (χ4n) is 2.70. The molecule has 0 unspecified atom stereocenters. The monoisotopic (exact) mass is 400 g/mol. The number of esters is 1. The molecule has 0 aliphatic heterocycles. The molecule has 0 aliphatic carbocycles. The highest BCUT2D eigenvalue weighted by molar-refractivity contribution is 6.42. The van der Waals surface area contributed by atoms with Crippen molar-refractivity contribution in [3.05, 3.63) is 87.2 Å². The van der Waals surface area contributed by atoms with Gasteiger partial charge in [0.05, 0.1) is 21.4 Å². The lowest BCUT2D eigenvalue weighted by atomic mass is 10.2. The van der Waals surface area contributed by atoms with E-state index in [-0.39, 0.29) is 6.61 Å². The number of halogens is 2. The number of carbonyl (C=O) groups is 1. The van der Waals surface area contributed by atoms with Crippen molar-refractivity contribution in [3.8, 4) is 5.69 Å². The summed E-state index contributed by atoms with van der Waals surface area (Å²) in [6.07, 6.45) is 3.14. The lowest BCUT2D eigenvalue weighted by molar-refractivity contribution is -0.138. The minimum atomic E-state index is -0.438. The van der Waals surface area contributed by atoms with Crippen molar-refractivity contribution in [2.75, 3.05) is 0 Å². The molecule has 0 aliphatic rings. The first-order chi connectivity index (χ1) is 13.0. The molecule has 3 aromatic rings. The Morgan fingerprint density at radius 1 is 1.11 bits per heavy atom. The summed E-state index contributed by atoms with van der Waals surface area (Å²) in [6.45, 7) is 4.00. The second kappa shape index (κ2) is 8.42. The zero-order valence-electron chi connectivity index (χ0n) is 14.9. The SMILES string of the molecule is Cc1nn(-c2ccccc2)c(C)c1/C=C/C(=O)OCc1ccc(Cl)c(Cl)c1. The van der Waals surface area contributed by atoms with Crippen molar-refractivity contribution >= 4 is 35.2 Å². The maximum atomic E-state index is 12.0. The van der Waals surface area contributed by atoms with Gasteiger partial charge in [0.25, 0.3) is 0 Å². The normalized spacial score (nSPS) is 11.1. The fraction of sp³-hybridized carbons (Fsp3) is 0.143. The van der Waals surface area contributed by atoms with E-state index in [9.17, 15) is 4.79 Å². The summed E-state index contributed by atoms with van der Waals surface area (Å²) in [4.78, 5) is 12.0. The number of nitrogens with zero attached hydrogens (tertiary/aromatic N) is 2. The van der Waals surface area contributed by atoms with E-state index in [0.717, 1.165) is 28.2 Å². The van der Waals surface area contributed by atoms with Gasteiger partial charge in [0.15, 0.2) is 0 Å². The van der Waals surface area contributed by atoms with E-state index in [1.807, 2.05) is 48.9 Å². The molecule has 1 aromatic heterocycles. The molecule has 3 rings (SSSR count). The van der Waals surface area contributed by atoms with E-state index in [1.165, 1.54) is 6.08 Å². The van der Waals surface area contributed by atoms with E-state index < -0.39 is 5.97 Å². The molecular weight excluding hydrogens is 383 g/mol. The molecule has 0 spiro atoms. The van der Waals surface area contributed by atoms with E-state index in [2.05, 4.69) is 5.10 Å². The molecule has 2 aromatic carbocycles. The van der Waals surface area contributed by atoms with Crippen LogP contribution in [0.4, 0.5) is 0 Å². The average molecular weight is 401 g/mol. The molecule has 0 amide bonds. The Labute approximate surface area is 168 Å². The molecule has 0 fully saturated rings. The topological polar surface area (TPSA) is 44.1 Å². The number of hydrogen-bond acceptors (Lipinski definition) is 3. The van der Waals surface area contributed by atoms with Crippen LogP contribution in [-0.4, -0.2) is 15.7 Å². The van der Waals surface area contributed by atoms with E-state index >= 15 is 0 Å². The summed E-state index contributed by atoms with van der Waals surface area (Å²) < 4.78 is 7.12. The van der Waals surface area contributed by atoms with E-state index in [0.29, 0.717) is 10.0 Å². The molecule has 0 bridgehead atoms. The summed E-state index contributed by atoms with van der Waals surface area (Å²) in [5.74, 6) is -0.438. The molecule has 6 heteroatoms. The first kappa shape index (κ1) is 19.2. The van der Waals surface area contributed by atoms with Crippen LogP contribution < -0.4 is 0 Å². The van der Waals surface area contributed by atoms with Gasteiger partial charge in [-0.05, 0) is 49.8 Å². The largest absolute Gasteiger partial charge is 0.458 e. The van der Waals surface area contributed by atoms with Gasteiger partial charge in [-0.15, -0.1) is 0 Å². The van der Waals surface area contributed by atoms with Crippen LogP contribution in [-0.2, 0) is 16.1 Å². The molecule has 0 saturated carbocycles. The van der Waals surface area contributed by atoms with Crippen molar-refractivity contribution in [2.45, 2.75) is 20.5 Å². The van der Waals surface area contributed by atoms with Crippen LogP contribution in [0.15, 0.2) is 54.6 Å². The van der Waals surface area contributed by atoms with Crippen LogP contribution in [0, 0.1) is 13.8 Å². The van der Waals surface area contributed by atoms with Gasteiger partial charge < -0.3 is 4.74 Å². The van der Waals surface area contributed by atoms with Gasteiger partial charge in [0.2, 0.25) is 0 Å². The predicted molar refractivity (Wildman–Crippen MR) is 108 cm³/mol. The van der Waals surface area contributed by atoms with Crippen molar-refractivity contribution in [1.82, 2.24) is 9.78 Å². The molecule has 4 nitrogen and oxygen atoms in total. The summed E-state index contributed by atoms with van der Waals surface area (Å²) in [6, 6.07) is 15.0. The Morgan fingerprint density at radius 3 is 2.56 bits per heavy atom. The van der Waals surface area contributed by atoms with E-state index in [4.69, 9.17) is 27.9 Å². The van der Waals surface area contributed by atoms with Crippen molar-refractivity contribution in [1.29, 1.82) is 0 Å². The lowest BCUT2D eigenvalue weighted by Gasteiger charge is -2.04. The lowest BCUT2D eigenvalue weighted by Crippen LogP contribution is -2.01. The predicted octanol–water partition coefficient (Wildman–Crippen LogP) is 5.55. The van der Waals surface area contributed by atoms with E-state index in [1.54, 1.807) is 24.3 Å². The minimum Gasteiger partial charge on any atom is -0.458 e. The highest BCUT2D eigenvalue weighted by Crippen LogP contribution is 2.23. The highest BCUT2D eigenvalue weighted by atomic mass is 35.5. The van der Waals surface area contributed by atoms with Crippen LogP contribution in [0.5, 0.6) is 0 Å². The summed E-state index contributed by atoms with van der Waals surface area (Å²) >= 11 is 11.8. The number of aryl methyl sites for hydroxylation is 1. The standard InChI is InChI=1S/C21H18Cl2N2O2/c1-14-18(15(2)25(24-14)17-6-4-3-5-7-17)9-11-21(26)27-13-16-8-10-19(22)20(23)12-16/h3-12H,13H2,1-2H3/b11-9+. The quantitative estimate of drug-likeness (QED) is 0.416. The minimum absolute atomic E-state index is 0.126. The van der Waals surface area contributed by atoms with Gasteiger partial charge in [-0.1, -0.05) is 47.5 Å². The average Bonchev–Trinajstić information content (AvgIpc) is 2.95. The van der Waals surface area contributed by atoms with Gasteiger partial charge in [-0.3, -0.25) is 0 Å². The zero-order chi connectivity index (χ0) is 19.4. The first-order valence-corrected chi connectivity index (χ1v) is 9.11. The van der Waals surface area contributed by atoms with Crippen molar-refractivity contribution < 1.29 is 9.53 Å². The van der Waals surface area contributed by atoms with Gasteiger partial charge >= 0.3 is 5.97 Å². The van der Waals surface area contributed by atoms with Gasteiger partial charge in [0, 0.05) is 17.3 Å². The van der Waals surface area contributed by atoms with Gasteiger partial charge in [0.1, 0.15) is 6.61 Å². The zero-order valence-corrected chi connectivity index (χ0v) is 16.5. The Kier molecular flexibility index (Phi) is 5.99. The van der Waals surface area contributed by atoms with Crippen molar-refractivity contribution in [2.24, 2.45) is 0 Å². The molecule has 0 radical (unpaired) electrons. The number of carbonyl (C=O) groups excluding carboxylic acids is 1. The maximum Gasteiger partial charge on any atom is 0.331 e. The van der Waals surface area contributed by atoms with Crippen LogP contribution in [0.2, 0.25) is 10.0 Å². The van der Waals surface area contributed by atoms with Crippen LogP contribution in [0.1, 0.15) is 22.5 Å². The van der Waals surface area contributed by atoms with Crippen molar-refractivity contribution in [3.63, 3.8) is 0 Å². The highest BCUT2D eigenvalue weighted by Gasteiger charge is 2.11. The number of aromatic nitrogens is 2. The second-order valence-electron chi connectivity index (χ2n) is 6.02. The van der Waals surface area contributed by atoms with Crippen LogP contribution >= 0.6 is 23.2 Å². The van der Waals surface area contributed by atoms with Gasteiger partial charge in [-0.2, -0.15) is 5.10 Å². The number of para-hydroxylation sites is 1. The fourth-order valence-corrected chi connectivity index (χ4v) is 3.02. The third-order valence-corrected chi connectivity index (χ3v) is 4.84. The smallest absolute Gasteiger partial charge is 0.331 e. The maximum absolute atomic E-state index is 12.0. The third kappa shape index (κ3) is 4.59. The van der Waals surface area contributed by atoms with Crippen LogP contribution in [0.3, 0.4) is 0 Å². The Hall–Kier alpha value is -2.56. The number of rotatable bonds is 5. The molecule has 138 valence electrons. The summed E-state index contributed by atoms with van der Waals surface area (Å²) in [5, 5.41) is 5.45. The second-order valence-corrected chi connectivity index (χ2v) is 6.84. The molecular formula is C21H18Cl2N2O2. The number of hydrogen-bond donors (Lipinski definition) is 0. The summed E-state index contributed by atoms with van der Waals surface area (Å²) in [7, 11) is 0. The third-order valence-electron chi connectivity index (χ3n) is 4.10. The molecule has 0 saturated heterocycles. The Bertz CT molecular complexity index is 995. The Morgan fingerprint density at radius 2 is 1.85 bits per heavy atom. The molecule has 0 atom stereocenters. The Balaban J connectivity index is 1.69. The summed E-state index contributed by atoms with van der Waals surface area (Å²) in [5.41, 5.74) is 4.43. The van der Waals surface area contributed by atoms with Crippen LogP contribution in [0.25, 0.3) is 11.8 Å². The molecule has 0 N–H and O–H groups in total.